The van der Waals surface area contributed by atoms with Crippen molar-refractivity contribution in [3.05, 3.63) is 0 Å². The number of nitrogens with one attached hydrogen (secondary N) is 1. The molecular weight excluding hydrogens is 226 g/mol. The van der Waals surface area contributed by atoms with Gasteiger partial charge in [-0.05, 0) is 25.3 Å². The van der Waals surface area contributed by atoms with E-state index in [-0.39, 0.29) is 0 Å². The Morgan fingerprint density at radius 1 is 1.33 bits per heavy atom. The lowest BCUT2D eigenvalue weighted by molar-refractivity contribution is -0.132. The Balaban J connectivity index is 1.65. The average molecular weight is 253 g/mol. The number of amides is 1. The summed E-state index contributed by atoms with van der Waals surface area (Å²) in [6, 6.07) is 0. The van der Waals surface area contributed by atoms with Crippen LogP contribution in [-0.4, -0.2) is 61.5 Å². The quantitative estimate of drug-likeness (QED) is 0.765. The molecule has 0 aromatic carbocycles. The third kappa shape index (κ3) is 3.95. The first kappa shape index (κ1) is 13.8. The largest absolute Gasteiger partial charge is 0.340 e. The maximum Gasteiger partial charge on any atom is 0.223 e. The Morgan fingerprint density at radius 3 is 2.61 bits per heavy atom. The lowest BCUT2D eigenvalue weighted by atomic mass is 9.85. The second-order valence-corrected chi connectivity index (χ2v) is 5.57. The van der Waals surface area contributed by atoms with E-state index in [0.29, 0.717) is 12.3 Å². The van der Waals surface area contributed by atoms with Gasteiger partial charge >= 0.3 is 0 Å². The minimum absolute atomic E-state index is 0.337. The smallest absolute Gasteiger partial charge is 0.223 e. The van der Waals surface area contributed by atoms with Crippen LogP contribution >= 0.6 is 0 Å². The fourth-order valence-corrected chi connectivity index (χ4v) is 2.75. The van der Waals surface area contributed by atoms with E-state index >= 15 is 0 Å². The molecule has 2 fully saturated rings. The van der Waals surface area contributed by atoms with Gasteiger partial charge in [0.2, 0.25) is 5.91 Å². The lowest BCUT2D eigenvalue weighted by Gasteiger charge is -2.32. The van der Waals surface area contributed by atoms with Gasteiger partial charge in [0.25, 0.3) is 0 Å². The molecule has 1 saturated carbocycles. The fraction of sp³-hybridized carbons (Fsp3) is 0.929. The number of nitrogens with zero attached hydrogens (tertiary/aromatic N) is 2. The predicted molar refractivity (Wildman–Crippen MR) is 73.5 cm³/mol. The highest BCUT2D eigenvalue weighted by molar-refractivity contribution is 5.76. The summed E-state index contributed by atoms with van der Waals surface area (Å²) in [5, 5.41) is 3.28. The van der Waals surface area contributed by atoms with Crippen LogP contribution in [0.3, 0.4) is 0 Å². The van der Waals surface area contributed by atoms with E-state index in [1.54, 1.807) is 0 Å². The molecule has 2 rings (SSSR count). The second-order valence-electron chi connectivity index (χ2n) is 5.57. The molecule has 0 unspecified atom stereocenters. The standard InChI is InChI=1S/C14H27N3O/c1-2-16(12-13-4-3-5-13)9-6-14(18)17-10-7-15-8-11-17/h13,15H,2-12H2,1H3. The van der Waals surface area contributed by atoms with Crippen molar-refractivity contribution < 1.29 is 4.79 Å². The normalized spacial score (nSPS) is 21.1. The number of rotatable bonds is 6. The zero-order valence-electron chi connectivity index (χ0n) is 11.7. The molecule has 0 aromatic heterocycles. The van der Waals surface area contributed by atoms with Gasteiger partial charge in [-0.15, -0.1) is 0 Å². The van der Waals surface area contributed by atoms with Crippen molar-refractivity contribution in [1.29, 1.82) is 0 Å². The summed E-state index contributed by atoms with van der Waals surface area (Å²) in [6.45, 7) is 9.08. The van der Waals surface area contributed by atoms with Crippen molar-refractivity contribution >= 4 is 5.91 Å². The van der Waals surface area contributed by atoms with Crippen LogP contribution < -0.4 is 5.32 Å². The van der Waals surface area contributed by atoms with Crippen LogP contribution in [0.1, 0.15) is 32.6 Å². The molecule has 104 valence electrons. The first-order chi connectivity index (χ1) is 8.79. The third-order valence-corrected chi connectivity index (χ3v) is 4.30. The van der Waals surface area contributed by atoms with Gasteiger partial charge in [0, 0.05) is 45.7 Å². The van der Waals surface area contributed by atoms with Gasteiger partial charge in [0.05, 0.1) is 0 Å². The molecule has 2 aliphatic rings. The van der Waals surface area contributed by atoms with Gasteiger partial charge in [0.15, 0.2) is 0 Å². The first-order valence-electron chi connectivity index (χ1n) is 7.50. The van der Waals surface area contributed by atoms with Gasteiger partial charge in [-0.2, -0.15) is 0 Å². The second kappa shape index (κ2) is 7.10. The van der Waals surface area contributed by atoms with Crippen molar-refractivity contribution in [2.24, 2.45) is 5.92 Å². The highest BCUT2D eigenvalue weighted by atomic mass is 16.2. The van der Waals surface area contributed by atoms with Crippen LogP contribution in [0.4, 0.5) is 0 Å². The van der Waals surface area contributed by atoms with Crippen molar-refractivity contribution in [2.75, 3.05) is 45.8 Å². The van der Waals surface area contributed by atoms with Gasteiger partial charge in [-0.25, -0.2) is 0 Å². The Kier molecular flexibility index (Phi) is 5.45. The number of carbonyl (C=O) groups is 1. The molecule has 0 bridgehead atoms. The minimum atomic E-state index is 0.337. The average Bonchev–Trinajstić information content (AvgIpc) is 2.37. The summed E-state index contributed by atoms with van der Waals surface area (Å²) in [7, 11) is 0. The molecule has 18 heavy (non-hydrogen) atoms. The fourth-order valence-electron chi connectivity index (χ4n) is 2.75. The van der Waals surface area contributed by atoms with Crippen LogP contribution in [0.5, 0.6) is 0 Å². The Labute approximate surface area is 111 Å². The van der Waals surface area contributed by atoms with Crippen LogP contribution in [0.2, 0.25) is 0 Å². The van der Waals surface area contributed by atoms with E-state index in [1.165, 1.54) is 25.8 Å². The van der Waals surface area contributed by atoms with Gasteiger partial charge in [-0.1, -0.05) is 13.3 Å². The number of piperazine rings is 1. The summed E-state index contributed by atoms with van der Waals surface area (Å²) < 4.78 is 0. The number of hydrogen-bond donors (Lipinski definition) is 1. The molecule has 0 radical (unpaired) electrons. The van der Waals surface area contributed by atoms with E-state index in [9.17, 15) is 4.79 Å². The molecule has 4 nitrogen and oxygen atoms in total. The molecule has 1 aliphatic heterocycles. The Morgan fingerprint density at radius 2 is 2.06 bits per heavy atom. The van der Waals surface area contributed by atoms with Gasteiger partial charge in [0.1, 0.15) is 0 Å². The van der Waals surface area contributed by atoms with Crippen LogP contribution in [0, 0.1) is 5.92 Å². The Hall–Kier alpha value is -0.610. The van der Waals surface area contributed by atoms with E-state index in [4.69, 9.17) is 0 Å². The first-order valence-corrected chi connectivity index (χ1v) is 7.50. The van der Waals surface area contributed by atoms with Crippen molar-refractivity contribution in [1.82, 2.24) is 15.1 Å². The molecule has 1 amide bonds. The molecule has 0 atom stereocenters. The highest BCUT2D eigenvalue weighted by Gasteiger charge is 2.21. The molecule has 4 heteroatoms. The van der Waals surface area contributed by atoms with Crippen LogP contribution in [0.15, 0.2) is 0 Å². The predicted octanol–water partition coefficient (Wildman–Crippen LogP) is 0.930. The summed E-state index contributed by atoms with van der Waals surface area (Å²) in [4.78, 5) is 16.5. The summed E-state index contributed by atoms with van der Waals surface area (Å²) in [5.41, 5.74) is 0. The number of hydrogen-bond acceptors (Lipinski definition) is 3. The maximum atomic E-state index is 12.1. The molecular formula is C14H27N3O. The minimum Gasteiger partial charge on any atom is -0.340 e. The molecule has 0 aromatic rings. The molecule has 1 N–H and O–H groups in total. The highest BCUT2D eigenvalue weighted by Crippen LogP contribution is 2.27. The number of carbonyl (C=O) groups excluding carboxylic acids is 1. The molecule has 1 aliphatic carbocycles. The van der Waals surface area contributed by atoms with Gasteiger partial charge in [-0.3, -0.25) is 4.79 Å². The summed E-state index contributed by atoms with van der Waals surface area (Å²) >= 11 is 0. The topological polar surface area (TPSA) is 35.6 Å². The zero-order chi connectivity index (χ0) is 12.8. The maximum absolute atomic E-state index is 12.1. The molecule has 1 saturated heterocycles. The van der Waals surface area contributed by atoms with E-state index < -0.39 is 0 Å². The van der Waals surface area contributed by atoms with Crippen LogP contribution in [0.25, 0.3) is 0 Å². The van der Waals surface area contributed by atoms with E-state index in [2.05, 4.69) is 17.1 Å². The third-order valence-electron chi connectivity index (χ3n) is 4.30. The van der Waals surface area contributed by atoms with Crippen molar-refractivity contribution in [3.63, 3.8) is 0 Å². The Bertz CT molecular complexity index is 260. The van der Waals surface area contributed by atoms with E-state index in [1.807, 2.05) is 4.90 Å². The van der Waals surface area contributed by atoms with Gasteiger partial charge < -0.3 is 15.1 Å². The van der Waals surface area contributed by atoms with E-state index in [0.717, 1.165) is 45.2 Å². The lowest BCUT2D eigenvalue weighted by Crippen LogP contribution is -2.47. The summed E-state index contributed by atoms with van der Waals surface area (Å²) in [5.74, 6) is 1.24. The van der Waals surface area contributed by atoms with Crippen LogP contribution in [-0.2, 0) is 4.79 Å². The monoisotopic (exact) mass is 253 g/mol. The SMILES string of the molecule is CCN(CCC(=O)N1CCNCC1)CC1CCC1. The van der Waals surface area contributed by atoms with Crippen molar-refractivity contribution in [3.8, 4) is 0 Å². The zero-order valence-corrected chi connectivity index (χ0v) is 11.7. The molecule has 1 heterocycles. The summed E-state index contributed by atoms with van der Waals surface area (Å²) in [6.07, 6.45) is 4.88. The van der Waals surface area contributed by atoms with Crippen molar-refractivity contribution in [2.45, 2.75) is 32.6 Å². The molecule has 0 spiro atoms.